The monoisotopic (exact) mass is 270 g/mol. The second-order valence-corrected chi connectivity index (χ2v) is 5.36. The molecule has 0 aliphatic carbocycles. The van der Waals surface area contributed by atoms with Gasteiger partial charge in [-0.15, -0.1) is 0 Å². The van der Waals surface area contributed by atoms with E-state index in [9.17, 15) is 0 Å². The highest BCUT2D eigenvalue weighted by Crippen LogP contribution is 2.32. The molecule has 0 bridgehead atoms. The van der Waals surface area contributed by atoms with Gasteiger partial charge in [-0.05, 0) is 43.0 Å². The predicted octanol–water partition coefficient (Wildman–Crippen LogP) is 4.07. The molecule has 2 rings (SSSR count). The third-order valence-corrected chi connectivity index (χ3v) is 3.39. The third kappa shape index (κ3) is 2.99. The first-order chi connectivity index (χ1) is 9.52. The summed E-state index contributed by atoms with van der Waals surface area (Å²) in [6, 6.07) is 10.1. The fourth-order valence-electron chi connectivity index (χ4n) is 2.32. The number of aryl methyl sites for hydroxylation is 2. The molecular formula is C17H22N2O. The molecule has 0 saturated heterocycles. The lowest BCUT2D eigenvalue weighted by Gasteiger charge is -2.16. The minimum Gasteiger partial charge on any atom is -0.438 e. The number of hydrogen-bond donors (Lipinski definition) is 1. The van der Waals surface area contributed by atoms with Crippen LogP contribution >= 0.6 is 0 Å². The fraction of sp³-hybridized carbons (Fsp3) is 0.353. The highest BCUT2D eigenvalue weighted by Gasteiger charge is 2.13. The first-order valence-corrected chi connectivity index (χ1v) is 6.97. The lowest BCUT2D eigenvalue weighted by atomic mass is 10.0. The summed E-state index contributed by atoms with van der Waals surface area (Å²) in [5.74, 6) is 1.88. The molecule has 0 radical (unpaired) electrons. The van der Waals surface area contributed by atoms with Crippen LogP contribution in [0.4, 0.5) is 0 Å². The second-order valence-electron chi connectivity index (χ2n) is 5.36. The normalized spacial score (nSPS) is 10.9. The van der Waals surface area contributed by atoms with Crippen molar-refractivity contribution in [2.45, 2.75) is 40.2 Å². The molecule has 2 N–H and O–H groups in total. The molecule has 1 aromatic carbocycles. The summed E-state index contributed by atoms with van der Waals surface area (Å²) >= 11 is 0. The molecule has 1 heterocycles. The molecule has 0 atom stereocenters. The molecule has 0 amide bonds. The van der Waals surface area contributed by atoms with E-state index in [-0.39, 0.29) is 0 Å². The molecule has 0 aliphatic rings. The number of nitrogens with two attached hydrogens (primary N) is 1. The number of nitrogens with zero attached hydrogens (tertiary/aromatic N) is 1. The number of para-hydroxylation sites is 1. The zero-order valence-corrected chi connectivity index (χ0v) is 12.6. The molecule has 0 fully saturated rings. The van der Waals surface area contributed by atoms with Crippen LogP contribution < -0.4 is 10.5 Å². The Morgan fingerprint density at radius 1 is 1.20 bits per heavy atom. The van der Waals surface area contributed by atoms with Gasteiger partial charge in [-0.1, -0.05) is 32.0 Å². The second kappa shape index (κ2) is 6.06. The van der Waals surface area contributed by atoms with E-state index in [1.807, 2.05) is 38.1 Å². The lowest BCUT2D eigenvalue weighted by molar-refractivity contribution is 0.446. The Kier molecular flexibility index (Phi) is 4.40. The van der Waals surface area contributed by atoms with Crippen molar-refractivity contribution < 1.29 is 4.74 Å². The maximum Gasteiger partial charge on any atom is 0.224 e. The summed E-state index contributed by atoms with van der Waals surface area (Å²) in [7, 11) is 0. The van der Waals surface area contributed by atoms with Gasteiger partial charge in [0.1, 0.15) is 5.75 Å². The van der Waals surface area contributed by atoms with Crippen molar-refractivity contribution in [3.63, 3.8) is 0 Å². The van der Waals surface area contributed by atoms with E-state index in [0.29, 0.717) is 18.3 Å². The van der Waals surface area contributed by atoms with Crippen LogP contribution in [0.25, 0.3) is 0 Å². The molecule has 0 spiro atoms. The summed E-state index contributed by atoms with van der Waals surface area (Å²) < 4.78 is 6.06. The van der Waals surface area contributed by atoms with Gasteiger partial charge in [0.2, 0.25) is 5.88 Å². The van der Waals surface area contributed by atoms with Crippen molar-refractivity contribution in [1.29, 1.82) is 0 Å². The molecule has 1 aromatic heterocycles. The lowest BCUT2D eigenvalue weighted by Crippen LogP contribution is -2.06. The van der Waals surface area contributed by atoms with Gasteiger partial charge in [0, 0.05) is 17.8 Å². The number of pyridine rings is 1. The highest BCUT2D eigenvalue weighted by molar-refractivity contribution is 5.42. The van der Waals surface area contributed by atoms with Gasteiger partial charge in [0.25, 0.3) is 0 Å². The number of hydrogen-bond acceptors (Lipinski definition) is 3. The van der Waals surface area contributed by atoms with Gasteiger partial charge in [-0.3, -0.25) is 0 Å². The Balaban J connectivity index is 2.45. The zero-order chi connectivity index (χ0) is 14.7. The van der Waals surface area contributed by atoms with Gasteiger partial charge in [-0.2, -0.15) is 0 Å². The molecule has 3 heteroatoms. The van der Waals surface area contributed by atoms with Crippen LogP contribution in [0.1, 0.15) is 42.1 Å². The molecule has 0 saturated carbocycles. The molecule has 0 aliphatic heterocycles. The van der Waals surface area contributed by atoms with Crippen LogP contribution in [-0.2, 0) is 6.54 Å². The van der Waals surface area contributed by atoms with Crippen LogP contribution in [0, 0.1) is 13.8 Å². The van der Waals surface area contributed by atoms with Crippen LogP contribution in [0.5, 0.6) is 11.6 Å². The topological polar surface area (TPSA) is 48.1 Å². The number of benzene rings is 1. The SMILES string of the molecule is Cc1cc(C)c(CN)c(Oc2ccccc2C(C)C)n1. The Morgan fingerprint density at radius 3 is 2.55 bits per heavy atom. The number of rotatable bonds is 4. The standard InChI is InChI=1S/C17H22N2O/c1-11(2)14-7-5-6-8-16(14)20-17-15(10-18)12(3)9-13(4)19-17/h5-9,11H,10,18H2,1-4H3. The van der Waals surface area contributed by atoms with Crippen LogP contribution in [0.3, 0.4) is 0 Å². The first kappa shape index (κ1) is 14.5. The average molecular weight is 270 g/mol. The molecule has 106 valence electrons. The van der Waals surface area contributed by atoms with E-state index in [1.165, 1.54) is 5.56 Å². The fourth-order valence-corrected chi connectivity index (χ4v) is 2.32. The summed E-state index contributed by atoms with van der Waals surface area (Å²) in [5, 5.41) is 0. The van der Waals surface area contributed by atoms with Crippen molar-refractivity contribution >= 4 is 0 Å². The van der Waals surface area contributed by atoms with E-state index < -0.39 is 0 Å². The highest BCUT2D eigenvalue weighted by atomic mass is 16.5. The Hall–Kier alpha value is -1.87. The average Bonchev–Trinajstić information content (AvgIpc) is 2.38. The van der Waals surface area contributed by atoms with Crippen molar-refractivity contribution in [3.8, 4) is 11.6 Å². The molecule has 20 heavy (non-hydrogen) atoms. The van der Waals surface area contributed by atoms with Crippen molar-refractivity contribution in [2.24, 2.45) is 5.73 Å². The van der Waals surface area contributed by atoms with Crippen LogP contribution in [0.15, 0.2) is 30.3 Å². The summed E-state index contributed by atoms with van der Waals surface area (Å²) in [5.41, 5.74) is 10.0. The van der Waals surface area contributed by atoms with Crippen molar-refractivity contribution in [1.82, 2.24) is 4.98 Å². The van der Waals surface area contributed by atoms with E-state index >= 15 is 0 Å². The van der Waals surface area contributed by atoms with E-state index in [0.717, 1.165) is 22.6 Å². The van der Waals surface area contributed by atoms with E-state index in [2.05, 4.69) is 24.9 Å². The van der Waals surface area contributed by atoms with Gasteiger partial charge in [0.05, 0.1) is 0 Å². The van der Waals surface area contributed by atoms with Crippen LogP contribution in [-0.4, -0.2) is 4.98 Å². The van der Waals surface area contributed by atoms with Crippen molar-refractivity contribution in [2.75, 3.05) is 0 Å². The first-order valence-electron chi connectivity index (χ1n) is 6.97. The largest absolute Gasteiger partial charge is 0.438 e. The Labute approximate surface area is 120 Å². The quantitative estimate of drug-likeness (QED) is 0.911. The minimum atomic E-state index is 0.401. The van der Waals surface area contributed by atoms with Crippen molar-refractivity contribution in [3.05, 3.63) is 52.7 Å². The Morgan fingerprint density at radius 2 is 1.90 bits per heavy atom. The van der Waals surface area contributed by atoms with Gasteiger partial charge < -0.3 is 10.5 Å². The summed E-state index contributed by atoms with van der Waals surface area (Å²) in [6.07, 6.45) is 0. The number of ether oxygens (including phenoxy) is 1. The molecule has 2 aromatic rings. The number of aromatic nitrogens is 1. The summed E-state index contributed by atoms with van der Waals surface area (Å²) in [6.45, 7) is 8.74. The third-order valence-electron chi connectivity index (χ3n) is 3.39. The minimum absolute atomic E-state index is 0.401. The van der Waals surface area contributed by atoms with Gasteiger partial charge in [0.15, 0.2) is 0 Å². The maximum atomic E-state index is 6.06. The molecular weight excluding hydrogens is 248 g/mol. The van der Waals surface area contributed by atoms with Gasteiger partial charge >= 0.3 is 0 Å². The maximum absolute atomic E-state index is 6.06. The molecule has 0 unspecified atom stereocenters. The van der Waals surface area contributed by atoms with Crippen LogP contribution in [0.2, 0.25) is 0 Å². The Bertz CT molecular complexity index is 606. The van der Waals surface area contributed by atoms with E-state index in [1.54, 1.807) is 0 Å². The van der Waals surface area contributed by atoms with E-state index in [4.69, 9.17) is 10.5 Å². The van der Waals surface area contributed by atoms with Gasteiger partial charge in [-0.25, -0.2) is 4.98 Å². The molecule has 3 nitrogen and oxygen atoms in total. The predicted molar refractivity (Wildman–Crippen MR) is 82.2 cm³/mol. The smallest absolute Gasteiger partial charge is 0.224 e. The zero-order valence-electron chi connectivity index (χ0n) is 12.6. The summed E-state index contributed by atoms with van der Waals surface area (Å²) in [4.78, 5) is 4.50.